The van der Waals surface area contributed by atoms with Crippen molar-refractivity contribution in [3.05, 3.63) is 29.6 Å². The van der Waals surface area contributed by atoms with Crippen molar-refractivity contribution >= 4 is 5.69 Å². The van der Waals surface area contributed by atoms with Crippen LogP contribution in [0.2, 0.25) is 0 Å². The first-order valence-corrected chi connectivity index (χ1v) is 7.83. The van der Waals surface area contributed by atoms with E-state index in [1.54, 1.807) is 12.1 Å². The van der Waals surface area contributed by atoms with Crippen LogP contribution in [0.3, 0.4) is 0 Å². The van der Waals surface area contributed by atoms with E-state index in [1.165, 1.54) is 24.9 Å². The molecule has 2 nitrogen and oxygen atoms in total. The number of rotatable bonds is 2. The second kappa shape index (κ2) is 5.36. The van der Waals surface area contributed by atoms with Gasteiger partial charge in [-0.15, -0.1) is 0 Å². The quantitative estimate of drug-likeness (QED) is 0.816. The van der Waals surface area contributed by atoms with Gasteiger partial charge in [0.15, 0.2) is 0 Å². The predicted molar refractivity (Wildman–Crippen MR) is 81.7 cm³/mol. The van der Waals surface area contributed by atoms with Crippen molar-refractivity contribution in [3.63, 3.8) is 0 Å². The lowest BCUT2D eigenvalue weighted by molar-refractivity contribution is 0.176. The Balaban J connectivity index is 1.93. The number of hydrogen-bond donors (Lipinski definition) is 0. The minimum absolute atomic E-state index is 0.123. The van der Waals surface area contributed by atoms with Crippen LogP contribution in [0.15, 0.2) is 18.2 Å². The molecule has 0 aromatic heterocycles. The van der Waals surface area contributed by atoms with Gasteiger partial charge < -0.3 is 4.90 Å². The van der Waals surface area contributed by atoms with E-state index in [0.717, 1.165) is 18.8 Å². The average Bonchev–Trinajstić information content (AvgIpc) is 2.87. The summed E-state index contributed by atoms with van der Waals surface area (Å²) in [5, 5.41) is 0. The Morgan fingerprint density at radius 1 is 1.25 bits per heavy atom. The minimum atomic E-state index is -0.123. The summed E-state index contributed by atoms with van der Waals surface area (Å²) >= 11 is 0. The molecule has 0 aliphatic carbocycles. The first-order valence-electron chi connectivity index (χ1n) is 7.83. The number of benzene rings is 1. The molecular formula is C17H25FN2. The van der Waals surface area contributed by atoms with E-state index >= 15 is 0 Å². The van der Waals surface area contributed by atoms with Crippen LogP contribution in [0.4, 0.5) is 10.1 Å². The lowest BCUT2D eigenvalue weighted by Gasteiger charge is -2.47. The van der Waals surface area contributed by atoms with Crippen LogP contribution in [0.25, 0.3) is 0 Å². The number of nitrogens with zero attached hydrogens (tertiary/aromatic N) is 2. The zero-order valence-corrected chi connectivity index (χ0v) is 12.8. The molecule has 0 spiro atoms. The van der Waals surface area contributed by atoms with E-state index in [2.05, 4.69) is 30.6 Å². The maximum absolute atomic E-state index is 13.7. The SMILES string of the molecule is Cc1ccc(F)cc1N1CC2CCCN2CC1C(C)C. The Bertz CT molecular complexity index is 486. The molecule has 0 amide bonds. The number of piperazine rings is 1. The highest BCUT2D eigenvalue weighted by atomic mass is 19.1. The lowest BCUT2D eigenvalue weighted by atomic mass is 9.95. The van der Waals surface area contributed by atoms with Gasteiger partial charge in [-0.25, -0.2) is 4.39 Å². The van der Waals surface area contributed by atoms with Gasteiger partial charge in [0, 0.05) is 30.9 Å². The van der Waals surface area contributed by atoms with E-state index in [4.69, 9.17) is 0 Å². The van der Waals surface area contributed by atoms with Crippen molar-refractivity contribution in [1.82, 2.24) is 4.90 Å². The summed E-state index contributed by atoms with van der Waals surface area (Å²) in [7, 11) is 0. The van der Waals surface area contributed by atoms with E-state index in [0.29, 0.717) is 18.0 Å². The first-order chi connectivity index (χ1) is 9.56. The van der Waals surface area contributed by atoms with Crippen LogP contribution >= 0.6 is 0 Å². The second-order valence-corrected chi connectivity index (χ2v) is 6.69. The van der Waals surface area contributed by atoms with Gasteiger partial charge in [0.05, 0.1) is 0 Å². The molecule has 1 aromatic rings. The van der Waals surface area contributed by atoms with Crippen molar-refractivity contribution in [2.45, 2.75) is 45.7 Å². The number of fused-ring (bicyclic) bond motifs is 1. The molecule has 0 saturated carbocycles. The molecule has 2 heterocycles. The van der Waals surface area contributed by atoms with Crippen molar-refractivity contribution in [2.75, 3.05) is 24.5 Å². The lowest BCUT2D eigenvalue weighted by Crippen LogP contribution is -2.58. The molecular weight excluding hydrogens is 251 g/mol. The Kier molecular flexibility index (Phi) is 3.72. The van der Waals surface area contributed by atoms with Crippen molar-refractivity contribution in [1.29, 1.82) is 0 Å². The standard InChI is InChI=1S/C17H25FN2/c1-12(2)17-11-19-8-4-5-15(19)10-20(17)16-9-14(18)7-6-13(16)3/h6-7,9,12,15,17H,4-5,8,10-11H2,1-3H3. The van der Waals surface area contributed by atoms with Gasteiger partial charge in [-0.2, -0.15) is 0 Å². The minimum Gasteiger partial charge on any atom is -0.365 e. The Labute approximate surface area is 121 Å². The molecule has 3 heteroatoms. The molecule has 2 fully saturated rings. The van der Waals surface area contributed by atoms with Gasteiger partial charge in [-0.1, -0.05) is 19.9 Å². The molecule has 3 rings (SSSR count). The summed E-state index contributed by atoms with van der Waals surface area (Å²) in [6.45, 7) is 10.1. The Morgan fingerprint density at radius 3 is 2.80 bits per heavy atom. The van der Waals surface area contributed by atoms with Crippen molar-refractivity contribution in [2.24, 2.45) is 5.92 Å². The van der Waals surface area contributed by atoms with E-state index < -0.39 is 0 Å². The van der Waals surface area contributed by atoms with E-state index in [-0.39, 0.29) is 5.82 Å². The van der Waals surface area contributed by atoms with Crippen LogP contribution in [0, 0.1) is 18.7 Å². The molecule has 2 unspecified atom stereocenters. The average molecular weight is 276 g/mol. The molecule has 2 atom stereocenters. The molecule has 2 saturated heterocycles. The normalized spacial score (nSPS) is 27.1. The third-order valence-corrected chi connectivity index (χ3v) is 4.98. The van der Waals surface area contributed by atoms with Crippen LogP contribution in [-0.2, 0) is 0 Å². The smallest absolute Gasteiger partial charge is 0.125 e. The highest BCUT2D eigenvalue weighted by molar-refractivity contribution is 5.55. The summed E-state index contributed by atoms with van der Waals surface area (Å²) in [4.78, 5) is 5.10. The zero-order valence-electron chi connectivity index (χ0n) is 12.8. The molecule has 1 aromatic carbocycles. The third-order valence-electron chi connectivity index (χ3n) is 4.98. The fourth-order valence-electron chi connectivity index (χ4n) is 3.78. The highest BCUT2D eigenvalue weighted by Crippen LogP contribution is 2.33. The molecule has 0 radical (unpaired) electrons. The molecule has 110 valence electrons. The zero-order chi connectivity index (χ0) is 14.3. The number of aryl methyl sites for hydroxylation is 1. The molecule has 2 aliphatic heterocycles. The maximum atomic E-state index is 13.7. The predicted octanol–water partition coefficient (Wildman–Crippen LogP) is 3.44. The van der Waals surface area contributed by atoms with Gasteiger partial charge in [0.1, 0.15) is 5.82 Å². The summed E-state index contributed by atoms with van der Waals surface area (Å²) in [5.74, 6) is 0.459. The largest absolute Gasteiger partial charge is 0.365 e. The van der Waals surface area contributed by atoms with Gasteiger partial charge in [0.25, 0.3) is 0 Å². The molecule has 0 N–H and O–H groups in total. The number of anilines is 1. The number of hydrogen-bond acceptors (Lipinski definition) is 2. The van der Waals surface area contributed by atoms with Gasteiger partial charge in [-0.3, -0.25) is 4.90 Å². The third kappa shape index (κ3) is 2.44. The van der Waals surface area contributed by atoms with Gasteiger partial charge >= 0.3 is 0 Å². The van der Waals surface area contributed by atoms with Crippen LogP contribution in [0.5, 0.6) is 0 Å². The Morgan fingerprint density at radius 2 is 2.05 bits per heavy atom. The van der Waals surface area contributed by atoms with Crippen LogP contribution in [0.1, 0.15) is 32.3 Å². The fourth-order valence-corrected chi connectivity index (χ4v) is 3.78. The van der Waals surface area contributed by atoms with Crippen molar-refractivity contribution < 1.29 is 4.39 Å². The number of halogens is 1. The molecule has 20 heavy (non-hydrogen) atoms. The monoisotopic (exact) mass is 276 g/mol. The van der Waals surface area contributed by atoms with Gasteiger partial charge in [0.2, 0.25) is 0 Å². The summed E-state index contributed by atoms with van der Waals surface area (Å²) < 4.78 is 13.7. The maximum Gasteiger partial charge on any atom is 0.125 e. The Hall–Kier alpha value is -1.09. The summed E-state index contributed by atoms with van der Waals surface area (Å²) in [6.07, 6.45) is 2.60. The van der Waals surface area contributed by atoms with Crippen LogP contribution in [-0.4, -0.2) is 36.6 Å². The summed E-state index contributed by atoms with van der Waals surface area (Å²) in [5.41, 5.74) is 2.28. The van der Waals surface area contributed by atoms with Crippen LogP contribution < -0.4 is 4.90 Å². The van der Waals surface area contributed by atoms with Crippen molar-refractivity contribution in [3.8, 4) is 0 Å². The van der Waals surface area contributed by atoms with E-state index in [9.17, 15) is 4.39 Å². The molecule has 2 aliphatic rings. The van der Waals surface area contributed by atoms with E-state index in [1.807, 2.05) is 6.07 Å². The first kappa shape index (κ1) is 13.9. The highest BCUT2D eigenvalue weighted by Gasteiger charge is 2.37. The van der Waals surface area contributed by atoms with Gasteiger partial charge in [-0.05, 0) is 49.9 Å². The fraction of sp³-hybridized carbons (Fsp3) is 0.647. The topological polar surface area (TPSA) is 6.48 Å². The summed E-state index contributed by atoms with van der Waals surface area (Å²) in [6, 6.07) is 6.34. The second-order valence-electron chi connectivity index (χ2n) is 6.69. The molecule has 0 bridgehead atoms.